The number of benzene rings is 1. The fourth-order valence-corrected chi connectivity index (χ4v) is 3.71. The number of nitrogens with two attached hydrogens (primary N) is 2. The molecule has 2 aromatic rings. The predicted molar refractivity (Wildman–Crippen MR) is 82.2 cm³/mol. The molecule has 1 saturated carbocycles. The number of fused-ring (bicyclic) bond motifs is 3. The Balaban J connectivity index is 0.000000446. The average molecular weight is 301 g/mol. The van der Waals surface area contributed by atoms with Crippen molar-refractivity contribution in [2.45, 2.75) is 24.8 Å². The lowest BCUT2D eigenvalue weighted by Crippen LogP contribution is -2.28. The number of carbonyl (C=O) groups is 2. The minimum absolute atomic E-state index is 0.250. The number of piperidine rings is 1. The fourth-order valence-electron chi connectivity index (χ4n) is 3.71. The van der Waals surface area contributed by atoms with Gasteiger partial charge in [0.1, 0.15) is 11.8 Å². The van der Waals surface area contributed by atoms with Gasteiger partial charge in [0, 0.05) is 11.4 Å². The summed E-state index contributed by atoms with van der Waals surface area (Å²) in [5.74, 6) is 0.906. The van der Waals surface area contributed by atoms with Gasteiger partial charge in [0.15, 0.2) is 0 Å². The van der Waals surface area contributed by atoms with Crippen LogP contribution in [-0.2, 0) is 4.79 Å². The third-order valence-corrected chi connectivity index (χ3v) is 4.65. The maximum absolute atomic E-state index is 11.4. The van der Waals surface area contributed by atoms with Crippen LogP contribution < -0.4 is 16.8 Å². The van der Waals surface area contributed by atoms with Gasteiger partial charge in [0.05, 0.1) is 5.56 Å². The Morgan fingerprint density at radius 3 is 2.73 bits per heavy atom. The van der Waals surface area contributed by atoms with Gasteiger partial charge < -0.3 is 21.2 Å². The van der Waals surface area contributed by atoms with E-state index >= 15 is 0 Å². The van der Waals surface area contributed by atoms with Crippen LogP contribution in [0, 0.1) is 5.92 Å². The van der Waals surface area contributed by atoms with Crippen LogP contribution in [0.2, 0.25) is 0 Å². The first-order valence-electron chi connectivity index (χ1n) is 7.33. The second-order valence-electron chi connectivity index (χ2n) is 5.85. The topological polar surface area (TPSA) is 111 Å². The van der Waals surface area contributed by atoms with Crippen molar-refractivity contribution in [3.05, 3.63) is 35.6 Å². The number of hydrogen-bond donors (Lipinski definition) is 3. The molecule has 22 heavy (non-hydrogen) atoms. The van der Waals surface area contributed by atoms with E-state index in [4.69, 9.17) is 14.9 Å². The molecule has 2 fully saturated rings. The van der Waals surface area contributed by atoms with E-state index in [2.05, 4.69) is 23.2 Å². The van der Waals surface area contributed by atoms with Gasteiger partial charge in [-0.15, -0.1) is 0 Å². The van der Waals surface area contributed by atoms with Crippen LogP contribution in [0.15, 0.2) is 28.9 Å². The highest BCUT2D eigenvalue weighted by atomic mass is 16.3. The summed E-state index contributed by atoms with van der Waals surface area (Å²) >= 11 is 0. The van der Waals surface area contributed by atoms with E-state index in [0.29, 0.717) is 17.5 Å². The molecule has 0 radical (unpaired) electrons. The number of amides is 2. The maximum atomic E-state index is 11.4. The second kappa shape index (κ2) is 5.81. The quantitative estimate of drug-likeness (QED) is 0.721. The molecule has 2 bridgehead atoms. The summed E-state index contributed by atoms with van der Waals surface area (Å²) < 4.78 is 5.38. The summed E-state index contributed by atoms with van der Waals surface area (Å²) in [5.41, 5.74) is 12.1. The molecule has 1 aromatic carbocycles. The average Bonchev–Trinajstić information content (AvgIpc) is 3.21. The Morgan fingerprint density at radius 1 is 1.36 bits per heavy atom. The zero-order chi connectivity index (χ0) is 15.7. The lowest BCUT2D eigenvalue weighted by Gasteiger charge is -2.22. The third-order valence-electron chi connectivity index (χ3n) is 4.65. The van der Waals surface area contributed by atoms with Crippen molar-refractivity contribution in [1.29, 1.82) is 0 Å². The van der Waals surface area contributed by atoms with Gasteiger partial charge in [0.25, 0.3) is 5.91 Å². The number of rotatable bonds is 2. The number of hydrogen-bond acceptors (Lipinski definition) is 4. The maximum Gasteiger partial charge on any atom is 0.252 e. The van der Waals surface area contributed by atoms with Crippen molar-refractivity contribution in [2.75, 3.05) is 6.54 Å². The molecule has 3 atom stereocenters. The number of primary amides is 2. The summed E-state index contributed by atoms with van der Waals surface area (Å²) in [6.45, 7) is 1.11. The van der Waals surface area contributed by atoms with Crippen LogP contribution in [0.5, 0.6) is 0 Å². The predicted octanol–water partition coefficient (Wildman–Crippen LogP) is 1.10. The van der Waals surface area contributed by atoms with Crippen molar-refractivity contribution < 1.29 is 14.0 Å². The smallest absolute Gasteiger partial charge is 0.252 e. The van der Waals surface area contributed by atoms with Crippen molar-refractivity contribution >= 4 is 23.3 Å². The highest BCUT2D eigenvalue weighted by Gasteiger charge is 2.40. The lowest BCUT2D eigenvalue weighted by atomic mass is 9.87. The van der Waals surface area contributed by atoms with Crippen molar-refractivity contribution in [3.8, 4) is 0 Å². The Morgan fingerprint density at radius 2 is 2.14 bits per heavy atom. The third kappa shape index (κ3) is 2.46. The molecule has 2 heterocycles. The number of carbonyl (C=O) groups excluding carboxylic acids is 2. The molecule has 116 valence electrons. The normalized spacial score (nSPS) is 25.7. The molecular formula is C16H19N3O3. The molecule has 2 aliphatic rings. The largest absolute Gasteiger partial charge is 0.463 e. The van der Waals surface area contributed by atoms with Crippen molar-refractivity contribution in [1.82, 2.24) is 5.32 Å². The molecule has 2 amide bonds. The second-order valence-corrected chi connectivity index (χ2v) is 5.85. The van der Waals surface area contributed by atoms with Crippen LogP contribution in [-0.4, -0.2) is 24.9 Å². The Kier molecular flexibility index (Phi) is 3.85. The molecule has 4 rings (SSSR count). The van der Waals surface area contributed by atoms with Crippen LogP contribution in [0.4, 0.5) is 0 Å². The Bertz CT molecular complexity index is 710. The first-order valence-corrected chi connectivity index (χ1v) is 7.33. The Hall–Kier alpha value is -2.34. The van der Waals surface area contributed by atoms with Gasteiger partial charge in [-0.2, -0.15) is 0 Å². The number of furan rings is 1. The van der Waals surface area contributed by atoms with E-state index in [1.165, 1.54) is 24.7 Å². The van der Waals surface area contributed by atoms with Crippen LogP contribution >= 0.6 is 0 Å². The van der Waals surface area contributed by atoms with Crippen LogP contribution in [0.3, 0.4) is 0 Å². The first kappa shape index (κ1) is 14.6. The standard InChI is InChI=1S/C15H16N2O2.CH3NO/c16-15(18)13-7-19-14-2-1-8(4-12(13)14)11-5-10-3-9(11)6-17-10;2-1-3/h1-2,4,7,9-11,17H,3,5-6H2,(H2,16,18);1H,(H2,2,3). The molecule has 5 N–H and O–H groups in total. The van der Waals surface area contributed by atoms with Gasteiger partial charge in [-0.05, 0) is 48.9 Å². The molecule has 6 nitrogen and oxygen atoms in total. The highest BCUT2D eigenvalue weighted by Crippen LogP contribution is 2.44. The molecule has 1 aliphatic heterocycles. The molecule has 1 saturated heterocycles. The van der Waals surface area contributed by atoms with E-state index in [1.54, 1.807) is 0 Å². The summed E-state index contributed by atoms with van der Waals surface area (Å²) in [6, 6.07) is 6.84. The van der Waals surface area contributed by atoms with Crippen LogP contribution in [0.1, 0.15) is 34.7 Å². The molecule has 3 unspecified atom stereocenters. The van der Waals surface area contributed by atoms with E-state index in [-0.39, 0.29) is 6.41 Å². The molecule has 6 heteroatoms. The molecule has 0 spiro atoms. The fraction of sp³-hybridized carbons (Fsp3) is 0.375. The van der Waals surface area contributed by atoms with E-state index in [1.807, 2.05) is 6.07 Å². The van der Waals surface area contributed by atoms with Crippen molar-refractivity contribution in [2.24, 2.45) is 17.4 Å². The monoisotopic (exact) mass is 301 g/mol. The minimum atomic E-state index is -0.425. The zero-order valence-corrected chi connectivity index (χ0v) is 12.1. The summed E-state index contributed by atoms with van der Waals surface area (Å²) in [6.07, 6.45) is 4.18. The molecular weight excluding hydrogens is 282 g/mol. The van der Waals surface area contributed by atoms with Gasteiger partial charge in [-0.25, -0.2) is 0 Å². The summed E-state index contributed by atoms with van der Waals surface area (Å²) in [4.78, 5) is 20.0. The van der Waals surface area contributed by atoms with Crippen LogP contribution in [0.25, 0.3) is 11.0 Å². The van der Waals surface area contributed by atoms with Gasteiger partial charge >= 0.3 is 0 Å². The minimum Gasteiger partial charge on any atom is -0.463 e. The van der Waals surface area contributed by atoms with Gasteiger partial charge in [-0.1, -0.05) is 6.07 Å². The Labute approximate surface area is 127 Å². The van der Waals surface area contributed by atoms with E-state index < -0.39 is 5.91 Å². The van der Waals surface area contributed by atoms with E-state index in [0.717, 1.165) is 23.4 Å². The molecule has 1 aromatic heterocycles. The van der Waals surface area contributed by atoms with Gasteiger partial charge in [0.2, 0.25) is 6.41 Å². The van der Waals surface area contributed by atoms with Gasteiger partial charge in [-0.3, -0.25) is 9.59 Å². The van der Waals surface area contributed by atoms with Crippen molar-refractivity contribution in [3.63, 3.8) is 0 Å². The highest BCUT2D eigenvalue weighted by molar-refractivity contribution is 6.05. The first-order chi connectivity index (χ1) is 10.6. The zero-order valence-electron chi connectivity index (χ0n) is 12.1. The SMILES string of the molecule is NC(=O)c1coc2ccc(C3CC4CC3CN4)cc12.NC=O. The lowest BCUT2D eigenvalue weighted by molar-refractivity contribution is -0.106. The number of nitrogens with one attached hydrogen (secondary N) is 1. The summed E-state index contributed by atoms with van der Waals surface area (Å²) in [7, 11) is 0. The molecule has 1 aliphatic carbocycles. The summed E-state index contributed by atoms with van der Waals surface area (Å²) in [5, 5.41) is 4.37. The van der Waals surface area contributed by atoms with E-state index in [9.17, 15) is 4.79 Å².